The molecule has 1 aromatic carbocycles. The maximum absolute atomic E-state index is 12.4. The summed E-state index contributed by atoms with van der Waals surface area (Å²) in [4.78, 5) is 0.329. The lowest BCUT2D eigenvalue weighted by molar-refractivity contribution is 0.597. The van der Waals surface area contributed by atoms with Gasteiger partial charge in [0.2, 0.25) is 0 Å². The van der Waals surface area contributed by atoms with E-state index in [-0.39, 0.29) is 0 Å². The van der Waals surface area contributed by atoms with E-state index in [1.807, 2.05) is 17.5 Å². The Kier molecular flexibility index (Phi) is 5.17. The predicted molar refractivity (Wildman–Crippen MR) is 83.6 cm³/mol. The number of thiophene rings is 1. The Balaban J connectivity index is 2.22. The third kappa shape index (κ3) is 3.82. The highest BCUT2D eigenvalue weighted by molar-refractivity contribution is 7.92. The third-order valence-electron chi connectivity index (χ3n) is 2.78. The van der Waals surface area contributed by atoms with Crippen molar-refractivity contribution in [2.45, 2.75) is 24.8 Å². The van der Waals surface area contributed by atoms with Crippen molar-refractivity contribution in [3.8, 4) is 0 Å². The summed E-state index contributed by atoms with van der Waals surface area (Å²) in [7, 11) is -3.53. The Morgan fingerprint density at radius 3 is 2.70 bits per heavy atom. The van der Waals surface area contributed by atoms with Crippen molar-refractivity contribution in [1.82, 2.24) is 5.32 Å². The van der Waals surface area contributed by atoms with Crippen LogP contribution in [0.3, 0.4) is 0 Å². The first-order chi connectivity index (χ1) is 9.63. The first kappa shape index (κ1) is 15.0. The van der Waals surface area contributed by atoms with Crippen molar-refractivity contribution in [2.75, 3.05) is 11.3 Å². The van der Waals surface area contributed by atoms with Crippen LogP contribution < -0.4 is 10.0 Å². The molecule has 0 aliphatic rings. The van der Waals surface area contributed by atoms with E-state index in [0.717, 1.165) is 18.5 Å². The van der Waals surface area contributed by atoms with Crippen LogP contribution in [0, 0.1) is 0 Å². The van der Waals surface area contributed by atoms with E-state index in [2.05, 4.69) is 17.0 Å². The van der Waals surface area contributed by atoms with Crippen LogP contribution in [0.15, 0.2) is 46.0 Å². The van der Waals surface area contributed by atoms with Gasteiger partial charge in [-0.1, -0.05) is 25.1 Å². The normalized spacial score (nSPS) is 11.4. The monoisotopic (exact) mass is 310 g/mol. The van der Waals surface area contributed by atoms with E-state index in [9.17, 15) is 8.42 Å². The second kappa shape index (κ2) is 6.88. The Bertz CT molecular complexity index is 637. The predicted octanol–water partition coefficient (Wildman–Crippen LogP) is 3.05. The largest absolute Gasteiger partial charge is 0.313 e. The summed E-state index contributed by atoms with van der Waals surface area (Å²) >= 11 is 1.46. The highest BCUT2D eigenvalue weighted by Crippen LogP contribution is 2.21. The molecule has 2 N–H and O–H groups in total. The minimum atomic E-state index is -3.53. The molecule has 20 heavy (non-hydrogen) atoms. The third-order valence-corrected chi connectivity index (χ3v) is 4.94. The van der Waals surface area contributed by atoms with Crippen LogP contribution in [0.1, 0.15) is 18.9 Å². The Hall–Kier alpha value is -1.37. The molecule has 0 aliphatic carbocycles. The maximum Gasteiger partial charge on any atom is 0.262 e. The summed E-state index contributed by atoms with van der Waals surface area (Å²) in [6.07, 6.45) is 1.02. The zero-order chi connectivity index (χ0) is 14.4. The Labute approximate surface area is 123 Å². The van der Waals surface area contributed by atoms with Gasteiger partial charge in [-0.25, -0.2) is 8.42 Å². The van der Waals surface area contributed by atoms with Crippen LogP contribution >= 0.6 is 11.3 Å². The number of hydrogen-bond acceptors (Lipinski definition) is 4. The van der Waals surface area contributed by atoms with Crippen molar-refractivity contribution < 1.29 is 8.42 Å². The molecule has 0 amide bonds. The van der Waals surface area contributed by atoms with Gasteiger partial charge < -0.3 is 5.32 Å². The molecule has 108 valence electrons. The van der Waals surface area contributed by atoms with Gasteiger partial charge in [-0.15, -0.1) is 0 Å². The maximum atomic E-state index is 12.4. The molecule has 0 aliphatic heterocycles. The first-order valence-corrected chi connectivity index (χ1v) is 8.89. The van der Waals surface area contributed by atoms with Crippen LogP contribution in [0.4, 0.5) is 5.69 Å². The molecule has 2 aromatic rings. The van der Waals surface area contributed by atoms with Crippen LogP contribution in [-0.2, 0) is 16.6 Å². The summed E-state index contributed by atoms with van der Waals surface area (Å²) in [5.74, 6) is 0. The second-order valence-corrected chi connectivity index (χ2v) is 6.83. The van der Waals surface area contributed by atoms with E-state index in [1.54, 1.807) is 23.6 Å². The molecule has 0 spiro atoms. The fraction of sp³-hybridized carbons (Fsp3) is 0.286. The van der Waals surface area contributed by atoms with Crippen molar-refractivity contribution in [3.63, 3.8) is 0 Å². The summed E-state index contributed by atoms with van der Waals surface area (Å²) in [6, 6.07) is 8.82. The topological polar surface area (TPSA) is 58.2 Å². The van der Waals surface area contributed by atoms with Gasteiger partial charge in [0.1, 0.15) is 0 Å². The fourth-order valence-electron chi connectivity index (χ4n) is 1.84. The minimum Gasteiger partial charge on any atom is -0.313 e. The van der Waals surface area contributed by atoms with Crippen LogP contribution in [0.5, 0.6) is 0 Å². The summed E-state index contributed by atoms with van der Waals surface area (Å²) in [5, 5.41) is 6.85. The molecule has 4 nitrogen and oxygen atoms in total. The molecule has 0 unspecified atom stereocenters. The van der Waals surface area contributed by atoms with Gasteiger partial charge in [-0.05, 0) is 36.0 Å². The smallest absolute Gasteiger partial charge is 0.262 e. The van der Waals surface area contributed by atoms with Gasteiger partial charge in [0.05, 0.1) is 10.6 Å². The summed E-state index contributed by atoms with van der Waals surface area (Å²) in [5.41, 5.74) is 1.38. The van der Waals surface area contributed by atoms with Crippen LogP contribution in [-0.4, -0.2) is 15.0 Å². The lowest BCUT2D eigenvalue weighted by Crippen LogP contribution is -2.19. The number of nitrogens with one attached hydrogen (secondary N) is 2. The van der Waals surface area contributed by atoms with Crippen LogP contribution in [0.25, 0.3) is 0 Å². The van der Waals surface area contributed by atoms with Crippen molar-refractivity contribution in [1.29, 1.82) is 0 Å². The molecule has 6 heteroatoms. The molecular weight excluding hydrogens is 292 g/mol. The summed E-state index contributed by atoms with van der Waals surface area (Å²) < 4.78 is 27.4. The van der Waals surface area contributed by atoms with Gasteiger partial charge in [0.25, 0.3) is 10.0 Å². The highest BCUT2D eigenvalue weighted by atomic mass is 32.2. The van der Waals surface area contributed by atoms with Crippen molar-refractivity contribution >= 4 is 27.0 Å². The van der Waals surface area contributed by atoms with Gasteiger partial charge in [0.15, 0.2) is 0 Å². The average Bonchev–Trinajstić information content (AvgIpc) is 2.91. The number of benzene rings is 1. The molecule has 0 radical (unpaired) electrons. The van der Waals surface area contributed by atoms with E-state index >= 15 is 0 Å². The number of anilines is 1. The van der Waals surface area contributed by atoms with E-state index < -0.39 is 10.0 Å². The molecule has 1 heterocycles. The quantitative estimate of drug-likeness (QED) is 0.773. The van der Waals surface area contributed by atoms with E-state index in [4.69, 9.17) is 0 Å². The molecule has 1 aromatic heterocycles. The lowest BCUT2D eigenvalue weighted by Gasteiger charge is -2.12. The standard InChI is InChI=1S/C14H18N2O2S2/c1-2-8-15-10-12-5-3-4-6-14(12)20(17,18)16-13-7-9-19-11-13/h3-7,9,11,15-16H,2,8,10H2,1H3. The van der Waals surface area contributed by atoms with Gasteiger partial charge in [-0.3, -0.25) is 4.72 Å². The fourth-order valence-corrected chi connectivity index (χ4v) is 3.80. The molecule has 0 saturated carbocycles. The molecule has 0 bridgehead atoms. The van der Waals surface area contributed by atoms with E-state index in [0.29, 0.717) is 17.1 Å². The van der Waals surface area contributed by atoms with E-state index in [1.165, 1.54) is 11.3 Å². The van der Waals surface area contributed by atoms with Gasteiger partial charge >= 0.3 is 0 Å². The first-order valence-electron chi connectivity index (χ1n) is 6.47. The second-order valence-electron chi connectivity index (χ2n) is 4.40. The van der Waals surface area contributed by atoms with Crippen LogP contribution in [0.2, 0.25) is 0 Å². The Morgan fingerprint density at radius 2 is 2.00 bits per heavy atom. The highest BCUT2D eigenvalue weighted by Gasteiger charge is 2.18. The molecule has 0 atom stereocenters. The number of hydrogen-bond donors (Lipinski definition) is 2. The van der Waals surface area contributed by atoms with Gasteiger partial charge in [0, 0.05) is 11.9 Å². The number of sulfonamides is 1. The Morgan fingerprint density at radius 1 is 1.20 bits per heavy atom. The molecule has 0 fully saturated rings. The number of rotatable bonds is 7. The molecule has 0 saturated heterocycles. The lowest BCUT2D eigenvalue weighted by atomic mass is 10.2. The van der Waals surface area contributed by atoms with Crippen molar-refractivity contribution in [3.05, 3.63) is 46.7 Å². The SMILES string of the molecule is CCCNCc1ccccc1S(=O)(=O)Nc1ccsc1. The molecule has 2 rings (SSSR count). The zero-order valence-electron chi connectivity index (χ0n) is 11.3. The summed E-state index contributed by atoms with van der Waals surface area (Å²) in [6.45, 7) is 3.49. The molecular formula is C14H18N2O2S2. The van der Waals surface area contributed by atoms with Crippen molar-refractivity contribution in [2.24, 2.45) is 0 Å². The zero-order valence-corrected chi connectivity index (χ0v) is 12.9. The average molecular weight is 310 g/mol. The van der Waals surface area contributed by atoms with Gasteiger partial charge in [-0.2, -0.15) is 11.3 Å². The minimum absolute atomic E-state index is 0.329.